The van der Waals surface area contributed by atoms with Crippen LogP contribution in [-0.2, 0) is 17.8 Å². The Bertz CT molecular complexity index is 683. The standard InChI is InChI=1S/C19H24N4O/c1-15(24)23-18-10-6-9-17(13-18)14-22-19(20-2)21-12-11-16-7-4-3-5-8-16/h3-10,13H,11-12,14H2,1-2H3,(H,23,24)(H2,20,21,22). The van der Waals surface area contributed by atoms with E-state index in [2.05, 4.69) is 33.1 Å². The first-order valence-electron chi connectivity index (χ1n) is 8.02. The summed E-state index contributed by atoms with van der Waals surface area (Å²) in [6, 6.07) is 18.1. The van der Waals surface area contributed by atoms with Crippen LogP contribution in [0.3, 0.4) is 0 Å². The van der Waals surface area contributed by atoms with Gasteiger partial charge in [0.05, 0.1) is 0 Å². The molecule has 2 rings (SSSR count). The third-order valence-electron chi connectivity index (χ3n) is 3.48. The summed E-state index contributed by atoms with van der Waals surface area (Å²) in [6.45, 7) is 2.96. The van der Waals surface area contributed by atoms with Crippen molar-refractivity contribution in [1.82, 2.24) is 10.6 Å². The van der Waals surface area contributed by atoms with E-state index in [9.17, 15) is 4.79 Å². The fraction of sp³-hybridized carbons (Fsp3) is 0.263. The molecule has 5 heteroatoms. The van der Waals surface area contributed by atoms with Gasteiger partial charge in [-0.05, 0) is 29.7 Å². The molecule has 1 amide bonds. The van der Waals surface area contributed by atoms with Crippen molar-refractivity contribution >= 4 is 17.6 Å². The molecule has 0 bridgehead atoms. The first-order valence-corrected chi connectivity index (χ1v) is 8.02. The summed E-state index contributed by atoms with van der Waals surface area (Å²) in [5.74, 6) is 0.689. The summed E-state index contributed by atoms with van der Waals surface area (Å²) in [5, 5.41) is 9.37. The van der Waals surface area contributed by atoms with Crippen LogP contribution >= 0.6 is 0 Å². The van der Waals surface area contributed by atoms with E-state index in [4.69, 9.17) is 0 Å². The maximum atomic E-state index is 11.1. The number of amides is 1. The topological polar surface area (TPSA) is 65.5 Å². The number of rotatable bonds is 6. The molecule has 0 heterocycles. The second-order valence-electron chi connectivity index (χ2n) is 5.47. The Balaban J connectivity index is 1.80. The Morgan fingerprint density at radius 1 is 1.00 bits per heavy atom. The number of nitrogens with one attached hydrogen (secondary N) is 3. The molecule has 24 heavy (non-hydrogen) atoms. The van der Waals surface area contributed by atoms with E-state index in [0.29, 0.717) is 6.54 Å². The lowest BCUT2D eigenvalue weighted by molar-refractivity contribution is -0.114. The third kappa shape index (κ3) is 6.12. The van der Waals surface area contributed by atoms with Gasteiger partial charge in [0.15, 0.2) is 5.96 Å². The molecule has 126 valence electrons. The molecule has 0 aliphatic rings. The summed E-state index contributed by atoms with van der Waals surface area (Å²) in [4.78, 5) is 15.3. The van der Waals surface area contributed by atoms with Gasteiger partial charge in [-0.15, -0.1) is 0 Å². The Morgan fingerprint density at radius 3 is 2.46 bits per heavy atom. The van der Waals surface area contributed by atoms with E-state index < -0.39 is 0 Å². The van der Waals surface area contributed by atoms with Gasteiger partial charge in [0, 0.05) is 32.7 Å². The number of carbonyl (C=O) groups excluding carboxylic acids is 1. The summed E-state index contributed by atoms with van der Waals surface area (Å²) in [5.41, 5.74) is 3.17. The second-order valence-corrected chi connectivity index (χ2v) is 5.47. The van der Waals surface area contributed by atoms with Gasteiger partial charge in [-0.3, -0.25) is 9.79 Å². The van der Waals surface area contributed by atoms with E-state index in [1.807, 2.05) is 42.5 Å². The molecule has 0 saturated heterocycles. The average Bonchev–Trinajstić information content (AvgIpc) is 2.58. The number of carbonyl (C=O) groups is 1. The summed E-state index contributed by atoms with van der Waals surface area (Å²) < 4.78 is 0. The third-order valence-corrected chi connectivity index (χ3v) is 3.48. The molecule has 0 fully saturated rings. The summed E-state index contributed by atoms with van der Waals surface area (Å²) in [6.07, 6.45) is 0.944. The zero-order chi connectivity index (χ0) is 17.2. The average molecular weight is 324 g/mol. The molecule has 0 aromatic heterocycles. The van der Waals surface area contributed by atoms with Gasteiger partial charge in [0.2, 0.25) is 5.91 Å². The van der Waals surface area contributed by atoms with E-state index in [-0.39, 0.29) is 5.91 Å². The molecule has 0 unspecified atom stereocenters. The molecule has 2 aromatic carbocycles. The smallest absolute Gasteiger partial charge is 0.221 e. The minimum atomic E-state index is -0.0708. The number of guanidine groups is 1. The lowest BCUT2D eigenvalue weighted by atomic mass is 10.1. The Hall–Kier alpha value is -2.82. The Morgan fingerprint density at radius 2 is 1.75 bits per heavy atom. The highest BCUT2D eigenvalue weighted by Gasteiger charge is 2.01. The predicted octanol–water partition coefficient (Wildman–Crippen LogP) is 2.55. The van der Waals surface area contributed by atoms with Crippen LogP contribution in [0.25, 0.3) is 0 Å². The number of nitrogens with zero attached hydrogens (tertiary/aromatic N) is 1. The van der Waals surface area contributed by atoms with Gasteiger partial charge in [0.25, 0.3) is 0 Å². The zero-order valence-corrected chi connectivity index (χ0v) is 14.2. The maximum absolute atomic E-state index is 11.1. The van der Waals surface area contributed by atoms with Crippen molar-refractivity contribution in [3.8, 4) is 0 Å². The molecule has 0 saturated carbocycles. The zero-order valence-electron chi connectivity index (χ0n) is 14.2. The van der Waals surface area contributed by atoms with Crippen LogP contribution in [0.5, 0.6) is 0 Å². The number of anilines is 1. The van der Waals surface area contributed by atoms with Gasteiger partial charge in [0.1, 0.15) is 0 Å². The predicted molar refractivity (Wildman–Crippen MR) is 99.1 cm³/mol. The van der Waals surface area contributed by atoms with Crippen LogP contribution in [0.15, 0.2) is 59.6 Å². The van der Waals surface area contributed by atoms with Crippen LogP contribution < -0.4 is 16.0 Å². The Kier molecular flexibility index (Phi) is 6.83. The molecule has 2 aromatic rings. The van der Waals surface area contributed by atoms with Gasteiger partial charge < -0.3 is 16.0 Å². The molecular formula is C19H24N4O. The maximum Gasteiger partial charge on any atom is 0.221 e. The number of aliphatic imine (C=N–C) groups is 1. The SMILES string of the molecule is CN=C(NCCc1ccccc1)NCc1cccc(NC(C)=O)c1. The summed E-state index contributed by atoms with van der Waals surface area (Å²) >= 11 is 0. The normalized spacial score (nSPS) is 11.0. The number of hydrogen-bond acceptors (Lipinski definition) is 2. The van der Waals surface area contributed by atoms with Crippen molar-refractivity contribution in [1.29, 1.82) is 0 Å². The van der Waals surface area contributed by atoms with Crippen LogP contribution in [0, 0.1) is 0 Å². The van der Waals surface area contributed by atoms with Crippen LogP contribution in [0.4, 0.5) is 5.69 Å². The van der Waals surface area contributed by atoms with E-state index in [0.717, 1.165) is 30.2 Å². The summed E-state index contributed by atoms with van der Waals surface area (Å²) in [7, 11) is 1.76. The molecule has 5 nitrogen and oxygen atoms in total. The minimum Gasteiger partial charge on any atom is -0.356 e. The highest BCUT2D eigenvalue weighted by Crippen LogP contribution is 2.10. The second kappa shape index (κ2) is 9.35. The first kappa shape index (κ1) is 17.5. The van der Waals surface area contributed by atoms with Crippen molar-refractivity contribution in [3.63, 3.8) is 0 Å². The molecule has 0 spiro atoms. The minimum absolute atomic E-state index is 0.0708. The lowest BCUT2D eigenvalue weighted by Crippen LogP contribution is -2.37. The van der Waals surface area contributed by atoms with Crippen molar-refractivity contribution < 1.29 is 4.79 Å². The molecule has 3 N–H and O–H groups in total. The van der Waals surface area contributed by atoms with Gasteiger partial charge in [-0.25, -0.2) is 0 Å². The number of hydrogen-bond donors (Lipinski definition) is 3. The van der Waals surface area contributed by atoms with Crippen LogP contribution in [-0.4, -0.2) is 25.5 Å². The van der Waals surface area contributed by atoms with Crippen molar-refractivity contribution in [2.75, 3.05) is 18.9 Å². The molecule has 0 atom stereocenters. The first-order chi connectivity index (χ1) is 11.7. The van der Waals surface area contributed by atoms with Gasteiger partial charge >= 0.3 is 0 Å². The number of benzene rings is 2. The van der Waals surface area contributed by atoms with E-state index in [1.165, 1.54) is 12.5 Å². The van der Waals surface area contributed by atoms with Crippen molar-refractivity contribution in [2.45, 2.75) is 19.9 Å². The van der Waals surface area contributed by atoms with E-state index in [1.54, 1.807) is 7.05 Å². The highest BCUT2D eigenvalue weighted by atomic mass is 16.1. The quantitative estimate of drug-likeness (QED) is 0.565. The highest BCUT2D eigenvalue weighted by molar-refractivity contribution is 5.88. The molecule has 0 radical (unpaired) electrons. The van der Waals surface area contributed by atoms with E-state index >= 15 is 0 Å². The van der Waals surface area contributed by atoms with Gasteiger partial charge in [-0.2, -0.15) is 0 Å². The van der Waals surface area contributed by atoms with Crippen molar-refractivity contribution in [2.24, 2.45) is 4.99 Å². The molecule has 0 aliphatic heterocycles. The van der Waals surface area contributed by atoms with Crippen LogP contribution in [0.1, 0.15) is 18.1 Å². The molecular weight excluding hydrogens is 300 g/mol. The fourth-order valence-corrected chi connectivity index (χ4v) is 2.34. The fourth-order valence-electron chi connectivity index (χ4n) is 2.34. The Labute approximate surface area is 143 Å². The monoisotopic (exact) mass is 324 g/mol. The molecule has 0 aliphatic carbocycles. The largest absolute Gasteiger partial charge is 0.356 e. The van der Waals surface area contributed by atoms with Crippen molar-refractivity contribution in [3.05, 3.63) is 65.7 Å². The van der Waals surface area contributed by atoms with Crippen LogP contribution in [0.2, 0.25) is 0 Å². The van der Waals surface area contributed by atoms with Gasteiger partial charge in [-0.1, -0.05) is 42.5 Å². The lowest BCUT2D eigenvalue weighted by Gasteiger charge is -2.12.